The largest absolute Gasteiger partial charge is 0.390 e. The monoisotopic (exact) mass is 300 g/mol. The highest BCUT2D eigenvalue weighted by Crippen LogP contribution is 2.42. The van der Waals surface area contributed by atoms with Gasteiger partial charge in [-0.05, 0) is 27.7 Å². The highest BCUT2D eigenvalue weighted by molar-refractivity contribution is 6.28. The summed E-state index contributed by atoms with van der Waals surface area (Å²) in [6.45, 7) is 7.37. The molecule has 2 aliphatic heterocycles. The van der Waals surface area contributed by atoms with Gasteiger partial charge in [0.05, 0.1) is 42.8 Å². The van der Waals surface area contributed by atoms with Gasteiger partial charge in [0.25, 0.3) is 0 Å². The SMILES string of the molecule is CC1(C)OC[C@H]([C@H]2C(O)C(C)(C)O[C@@H]2[C@H](N)C(=O)C=N)O1. The first-order valence-electron chi connectivity index (χ1n) is 7.06. The summed E-state index contributed by atoms with van der Waals surface area (Å²) in [4.78, 5) is 11.7. The molecule has 4 N–H and O–H groups in total. The van der Waals surface area contributed by atoms with E-state index >= 15 is 0 Å². The third-order valence-electron chi connectivity index (χ3n) is 4.18. The van der Waals surface area contributed by atoms with Gasteiger partial charge in [0.15, 0.2) is 11.6 Å². The van der Waals surface area contributed by atoms with Crippen LogP contribution in [-0.2, 0) is 19.0 Å². The lowest BCUT2D eigenvalue weighted by molar-refractivity contribution is -0.151. The van der Waals surface area contributed by atoms with Gasteiger partial charge in [-0.25, -0.2) is 0 Å². The summed E-state index contributed by atoms with van der Waals surface area (Å²) < 4.78 is 17.1. The van der Waals surface area contributed by atoms with Crippen LogP contribution in [0.3, 0.4) is 0 Å². The highest BCUT2D eigenvalue weighted by Gasteiger charge is 2.57. The number of hydrogen-bond donors (Lipinski definition) is 3. The van der Waals surface area contributed by atoms with E-state index in [-0.39, 0.29) is 0 Å². The molecule has 7 nitrogen and oxygen atoms in total. The molecule has 0 aromatic rings. The summed E-state index contributed by atoms with van der Waals surface area (Å²) in [6, 6.07) is -1.00. The van der Waals surface area contributed by atoms with E-state index in [9.17, 15) is 9.90 Å². The van der Waals surface area contributed by atoms with Crippen LogP contribution in [0, 0.1) is 11.3 Å². The van der Waals surface area contributed by atoms with Crippen molar-refractivity contribution in [2.45, 2.75) is 63.4 Å². The zero-order chi connectivity index (χ0) is 16.0. The standard InChI is InChI=1S/C14H24N2O5/c1-13(2)12(18)9(8-6-19-14(3,4)20-8)11(21-13)10(16)7(17)5-15/h5,8-12,15,18H,6,16H2,1-4H3/t8-,9-,10-,11+,12?/m1/s1. The van der Waals surface area contributed by atoms with Crippen LogP contribution in [0.1, 0.15) is 27.7 Å². The van der Waals surface area contributed by atoms with E-state index in [0.29, 0.717) is 12.8 Å². The number of carbonyl (C=O) groups is 1. The minimum atomic E-state index is -1.00. The summed E-state index contributed by atoms with van der Waals surface area (Å²) >= 11 is 0. The van der Waals surface area contributed by atoms with Crippen molar-refractivity contribution in [2.24, 2.45) is 11.7 Å². The molecule has 7 heteroatoms. The molecule has 2 saturated heterocycles. The maximum Gasteiger partial charge on any atom is 0.192 e. The van der Waals surface area contributed by atoms with Gasteiger partial charge in [-0.15, -0.1) is 0 Å². The van der Waals surface area contributed by atoms with Crippen LogP contribution in [0.4, 0.5) is 0 Å². The lowest BCUT2D eigenvalue weighted by Crippen LogP contribution is -2.50. The number of ketones is 1. The second-order valence-electron chi connectivity index (χ2n) is 6.65. The topological polar surface area (TPSA) is 115 Å². The molecule has 0 aromatic heterocycles. The first-order chi connectivity index (χ1) is 9.59. The molecule has 5 atom stereocenters. The highest BCUT2D eigenvalue weighted by atomic mass is 16.7. The Morgan fingerprint density at radius 1 is 1.38 bits per heavy atom. The van der Waals surface area contributed by atoms with Crippen molar-refractivity contribution in [2.75, 3.05) is 6.61 Å². The zero-order valence-electron chi connectivity index (χ0n) is 12.8. The number of nitrogens with one attached hydrogen (secondary N) is 1. The van der Waals surface area contributed by atoms with Crippen LogP contribution >= 0.6 is 0 Å². The first kappa shape index (κ1) is 16.5. The van der Waals surface area contributed by atoms with E-state index in [0.717, 1.165) is 0 Å². The van der Waals surface area contributed by atoms with Crippen LogP contribution in [0.15, 0.2) is 0 Å². The zero-order valence-corrected chi connectivity index (χ0v) is 12.8. The van der Waals surface area contributed by atoms with Crippen molar-refractivity contribution < 1.29 is 24.1 Å². The molecule has 0 radical (unpaired) electrons. The van der Waals surface area contributed by atoms with Crippen molar-refractivity contribution in [3.63, 3.8) is 0 Å². The van der Waals surface area contributed by atoms with Gasteiger partial charge in [0.2, 0.25) is 0 Å². The predicted octanol–water partition coefficient (Wildman–Crippen LogP) is -0.162. The Hall–Kier alpha value is -0.860. The molecule has 120 valence electrons. The quantitative estimate of drug-likeness (QED) is 0.621. The molecule has 21 heavy (non-hydrogen) atoms. The Morgan fingerprint density at radius 3 is 2.48 bits per heavy atom. The number of hydrogen-bond acceptors (Lipinski definition) is 7. The van der Waals surface area contributed by atoms with Crippen molar-refractivity contribution >= 4 is 12.0 Å². The van der Waals surface area contributed by atoms with Gasteiger partial charge < -0.3 is 30.5 Å². The summed E-state index contributed by atoms with van der Waals surface area (Å²) in [5, 5.41) is 17.6. The van der Waals surface area contributed by atoms with Gasteiger partial charge in [-0.1, -0.05) is 0 Å². The molecule has 1 unspecified atom stereocenters. The molecule has 0 saturated carbocycles. The summed E-state index contributed by atoms with van der Waals surface area (Å²) in [7, 11) is 0. The van der Waals surface area contributed by atoms with Gasteiger partial charge >= 0.3 is 0 Å². The van der Waals surface area contributed by atoms with E-state index in [1.54, 1.807) is 27.7 Å². The van der Waals surface area contributed by atoms with E-state index in [4.69, 9.17) is 25.4 Å². The Morgan fingerprint density at radius 2 is 2.00 bits per heavy atom. The average molecular weight is 300 g/mol. The third kappa shape index (κ3) is 3.02. The molecular formula is C14H24N2O5. The summed E-state index contributed by atoms with van der Waals surface area (Å²) in [5.74, 6) is -1.76. The second-order valence-corrected chi connectivity index (χ2v) is 6.65. The molecule has 0 bridgehead atoms. The number of rotatable bonds is 4. The minimum Gasteiger partial charge on any atom is -0.390 e. The van der Waals surface area contributed by atoms with Gasteiger partial charge in [0, 0.05) is 5.92 Å². The molecule has 0 spiro atoms. The normalized spacial score (nSPS) is 39.1. The van der Waals surface area contributed by atoms with E-state index in [2.05, 4.69) is 0 Å². The smallest absolute Gasteiger partial charge is 0.192 e. The van der Waals surface area contributed by atoms with E-state index in [1.165, 1.54) is 0 Å². The molecule has 2 heterocycles. The molecule has 0 aliphatic carbocycles. The second kappa shape index (κ2) is 5.40. The van der Waals surface area contributed by atoms with Crippen LogP contribution in [0.25, 0.3) is 0 Å². The molecule has 2 fully saturated rings. The van der Waals surface area contributed by atoms with Crippen molar-refractivity contribution in [3.8, 4) is 0 Å². The van der Waals surface area contributed by atoms with Crippen LogP contribution < -0.4 is 5.73 Å². The molecule has 2 aliphatic rings. The van der Waals surface area contributed by atoms with Crippen molar-refractivity contribution in [1.82, 2.24) is 0 Å². The van der Waals surface area contributed by atoms with Gasteiger partial charge in [0.1, 0.15) is 0 Å². The Labute approximate surface area is 124 Å². The molecule has 0 amide bonds. The van der Waals surface area contributed by atoms with E-state index < -0.39 is 47.4 Å². The predicted molar refractivity (Wildman–Crippen MR) is 75.1 cm³/mol. The first-order valence-corrected chi connectivity index (χ1v) is 7.06. The number of ether oxygens (including phenoxy) is 3. The number of Topliss-reactive ketones (excluding diaryl/α,β-unsaturated/α-hetero) is 1. The minimum absolute atomic E-state index is 0.302. The van der Waals surface area contributed by atoms with Crippen LogP contribution in [0.5, 0.6) is 0 Å². The summed E-state index contributed by atoms with van der Waals surface area (Å²) in [6.07, 6.45) is -1.29. The fourth-order valence-electron chi connectivity index (χ4n) is 3.03. The Balaban J connectivity index is 2.26. The molecule has 2 rings (SSSR count). The van der Waals surface area contributed by atoms with Gasteiger partial charge in [-0.2, -0.15) is 0 Å². The van der Waals surface area contributed by atoms with Crippen LogP contribution in [-0.4, -0.2) is 59.5 Å². The molecule has 0 aromatic carbocycles. The van der Waals surface area contributed by atoms with Crippen LogP contribution in [0.2, 0.25) is 0 Å². The van der Waals surface area contributed by atoms with E-state index in [1.807, 2.05) is 0 Å². The number of aliphatic hydroxyl groups is 1. The van der Waals surface area contributed by atoms with Crippen molar-refractivity contribution in [3.05, 3.63) is 0 Å². The number of carbonyl (C=O) groups excluding carboxylic acids is 1. The maximum atomic E-state index is 11.7. The average Bonchev–Trinajstić information content (AvgIpc) is 2.86. The lowest BCUT2D eigenvalue weighted by Gasteiger charge is -2.28. The summed E-state index contributed by atoms with van der Waals surface area (Å²) in [5.41, 5.74) is 5.07. The van der Waals surface area contributed by atoms with Gasteiger partial charge in [-0.3, -0.25) is 4.79 Å². The fraction of sp³-hybridized carbons (Fsp3) is 0.857. The molecular weight excluding hydrogens is 276 g/mol. The third-order valence-corrected chi connectivity index (χ3v) is 4.18. The maximum absolute atomic E-state index is 11.7. The Kier molecular flexibility index (Phi) is 4.25. The fourth-order valence-corrected chi connectivity index (χ4v) is 3.03. The Bertz CT molecular complexity index is 437. The number of nitrogens with two attached hydrogens (primary N) is 1. The number of aliphatic hydroxyl groups excluding tert-OH is 1. The van der Waals surface area contributed by atoms with Crippen molar-refractivity contribution in [1.29, 1.82) is 5.41 Å². The lowest BCUT2D eigenvalue weighted by atomic mass is 9.83.